The summed E-state index contributed by atoms with van der Waals surface area (Å²) < 4.78 is 40.4. The zero-order valence-electron chi connectivity index (χ0n) is 16.3. The average Bonchev–Trinajstić information content (AvgIpc) is 3.10. The van der Waals surface area contributed by atoms with E-state index in [0.29, 0.717) is 28.6 Å². The Bertz CT molecular complexity index is 1170. The van der Waals surface area contributed by atoms with Gasteiger partial charge >= 0.3 is 0 Å². The van der Waals surface area contributed by atoms with Crippen LogP contribution < -0.4 is 10.0 Å². The van der Waals surface area contributed by atoms with Gasteiger partial charge in [0.25, 0.3) is 0 Å². The van der Waals surface area contributed by atoms with E-state index in [0.717, 1.165) is 43.5 Å². The Morgan fingerprint density at radius 3 is 2.87 bits per heavy atom. The summed E-state index contributed by atoms with van der Waals surface area (Å²) in [5.41, 5.74) is 1.30. The molecule has 1 fully saturated rings. The number of fused-ring (bicyclic) bond motifs is 1. The second-order valence-electron chi connectivity index (χ2n) is 7.56. The Morgan fingerprint density at radius 1 is 1.27 bits per heavy atom. The molecule has 0 aromatic carbocycles. The number of sulfonamides is 1. The molecule has 1 unspecified atom stereocenters. The summed E-state index contributed by atoms with van der Waals surface area (Å²) in [5.74, 6) is -0.114. The number of hydrogen-bond donors (Lipinski definition) is 3. The Balaban J connectivity index is 1.55. The SMILES string of the molecule is CS(=O)(=O)NC1CCCC[C@H]1CNc1nc(-c2c[nH]c3ncc(Cl)cc23)ncc1F. The van der Waals surface area contributed by atoms with E-state index in [4.69, 9.17) is 11.6 Å². The van der Waals surface area contributed by atoms with Gasteiger partial charge < -0.3 is 10.3 Å². The van der Waals surface area contributed by atoms with Crippen LogP contribution in [0.2, 0.25) is 5.02 Å². The summed E-state index contributed by atoms with van der Waals surface area (Å²) >= 11 is 6.05. The van der Waals surface area contributed by atoms with Gasteiger partial charge in [0.15, 0.2) is 17.5 Å². The molecular weight excluding hydrogens is 431 g/mol. The Labute approximate surface area is 178 Å². The predicted molar refractivity (Wildman–Crippen MR) is 114 cm³/mol. The van der Waals surface area contributed by atoms with Crippen molar-refractivity contribution in [3.05, 3.63) is 35.5 Å². The van der Waals surface area contributed by atoms with Crippen LogP contribution in [0.1, 0.15) is 25.7 Å². The monoisotopic (exact) mass is 452 g/mol. The van der Waals surface area contributed by atoms with E-state index in [1.54, 1.807) is 12.3 Å². The van der Waals surface area contributed by atoms with Gasteiger partial charge in [-0.05, 0) is 24.8 Å². The highest BCUT2D eigenvalue weighted by molar-refractivity contribution is 7.88. The maximum absolute atomic E-state index is 14.4. The Morgan fingerprint density at radius 2 is 2.07 bits per heavy atom. The van der Waals surface area contributed by atoms with E-state index in [9.17, 15) is 12.8 Å². The Kier molecular flexibility index (Phi) is 5.90. The molecule has 30 heavy (non-hydrogen) atoms. The quantitative estimate of drug-likeness (QED) is 0.528. The number of nitrogens with zero attached hydrogens (tertiary/aromatic N) is 3. The van der Waals surface area contributed by atoms with Crippen LogP contribution in [0, 0.1) is 11.7 Å². The third kappa shape index (κ3) is 4.71. The average molecular weight is 453 g/mol. The molecule has 0 saturated heterocycles. The molecule has 0 aliphatic heterocycles. The van der Waals surface area contributed by atoms with Crippen LogP contribution in [0.4, 0.5) is 10.2 Å². The molecule has 3 heterocycles. The molecule has 0 radical (unpaired) electrons. The van der Waals surface area contributed by atoms with Gasteiger partial charge in [-0.15, -0.1) is 0 Å². The minimum Gasteiger partial charge on any atom is -0.367 e. The second kappa shape index (κ2) is 8.44. The normalized spacial score (nSPS) is 19.8. The van der Waals surface area contributed by atoms with E-state index < -0.39 is 15.8 Å². The maximum Gasteiger partial charge on any atom is 0.208 e. The van der Waals surface area contributed by atoms with Gasteiger partial charge in [-0.1, -0.05) is 24.4 Å². The fraction of sp³-hybridized carbons (Fsp3) is 0.421. The number of aromatic amines is 1. The maximum atomic E-state index is 14.4. The summed E-state index contributed by atoms with van der Waals surface area (Å²) in [6, 6.07) is 1.58. The zero-order valence-corrected chi connectivity index (χ0v) is 17.9. The number of pyridine rings is 1. The summed E-state index contributed by atoms with van der Waals surface area (Å²) in [4.78, 5) is 15.7. The van der Waals surface area contributed by atoms with Gasteiger partial charge in [0.05, 0.1) is 17.5 Å². The molecule has 1 aliphatic rings. The van der Waals surface area contributed by atoms with Gasteiger partial charge in [0.2, 0.25) is 10.0 Å². The molecule has 3 N–H and O–H groups in total. The van der Waals surface area contributed by atoms with E-state index in [-0.39, 0.29) is 17.8 Å². The smallest absolute Gasteiger partial charge is 0.208 e. The van der Waals surface area contributed by atoms with E-state index in [2.05, 4.69) is 30.0 Å². The molecule has 3 aromatic heterocycles. The van der Waals surface area contributed by atoms with Gasteiger partial charge in [0.1, 0.15) is 5.65 Å². The molecule has 1 aliphatic carbocycles. The predicted octanol–water partition coefficient (Wildman–Crippen LogP) is 3.33. The number of aromatic nitrogens is 4. The number of anilines is 1. The largest absolute Gasteiger partial charge is 0.367 e. The fourth-order valence-corrected chi connectivity index (χ4v) is 4.91. The van der Waals surface area contributed by atoms with Gasteiger partial charge in [-0.2, -0.15) is 0 Å². The third-order valence-corrected chi connectivity index (χ3v) is 6.23. The molecule has 160 valence electrons. The van der Waals surface area contributed by atoms with Crippen molar-refractivity contribution in [3.63, 3.8) is 0 Å². The van der Waals surface area contributed by atoms with Gasteiger partial charge in [-0.3, -0.25) is 0 Å². The highest BCUT2D eigenvalue weighted by atomic mass is 35.5. The third-order valence-electron chi connectivity index (χ3n) is 5.29. The van der Waals surface area contributed by atoms with Crippen molar-refractivity contribution < 1.29 is 12.8 Å². The molecule has 2 atom stereocenters. The molecule has 11 heteroatoms. The molecule has 3 aromatic rings. The molecule has 0 spiro atoms. The van der Waals surface area contributed by atoms with E-state index >= 15 is 0 Å². The molecule has 1 saturated carbocycles. The summed E-state index contributed by atoms with van der Waals surface area (Å²) in [7, 11) is -3.31. The van der Waals surface area contributed by atoms with Gasteiger partial charge in [-0.25, -0.2) is 32.5 Å². The lowest BCUT2D eigenvalue weighted by Gasteiger charge is -2.31. The summed E-state index contributed by atoms with van der Waals surface area (Å²) in [5, 5.41) is 4.27. The van der Waals surface area contributed by atoms with Crippen LogP contribution in [-0.2, 0) is 10.0 Å². The standard InChI is InChI=1S/C19H22ClFN6O2S/c1-30(28,29)27-16-5-3-2-4-11(16)7-22-19-15(21)10-25-18(26-19)14-9-24-17-13(14)6-12(20)8-23-17/h6,8-11,16,27H,2-5,7H2,1H3,(H,23,24)(H,22,25,26)/t11-,16?/m0/s1. The highest BCUT2D eigenvalue weighted by Crippen LogP contribution is 2.29. The van der Waals surface area contributed by atoms with Crippen LogP contribution in [0.5, 0.6) is 0 Å². The highest BCUT2D eigenvalue weighted by Gasteiger charge is 2.27. The van der Waals surface area contributed by atoms with E-state index in [1.807, 2.05) is 0 Å². The first-order valence-corrected chi connectivity index (χ1v) is 11.9. The lowest BCUT2D eigenvalue weighted by atomic mass is 9.85. The Hall–Kier alpha value is -2.30. The van der Waals surface area contributed by atoms with Crippen molar-refractivity contribution in [2.75, 3.05) is 18.1 Å². The summed E-state index contributed by atoms with van der Waals surface area (Å²) in [6.07, 6.45) is 9.11. The zero-order chi connectivity index (χ0) is 21.3. The number of halogens is 2. The number of H-pyrrole nitrogens is 1. The molecule has 4 rings (SSSR count). The first kappa shape index (κ1) is 21.0. The minimum atomic E-state index is -3.31. The molecule has 8 nitrogen and oxygen atoms in total. The van der Waals surface area contributed by atoms with Crippen LogP contribution >= 0.6 is 11.6 Å². The van der Waals surface area contributed by atoms with Crippen molar-refractivity contribution in [1.29, 1.82) is 0 Å². The first-order valence-electron chi connectivity index (χ1n) is 9.67. The first-order chi connectivity index (χ1) is 14.3. The summed E-state index contributed by atoms with van der Waals surface area (Å²) in [6.45, 7) is 0.405. The minimum absolute atomic E-state index is 0.0439. The topological polar surface area (TPSA) is 113 Å². The van der Waals surface area contributed by atoms with Crippen LogP contribution in [0.15, 0.2) is 24.7 Å². The van der Waals surface area contributed by atoms with Crippen LogP contribution in [-0.4, -0.2) is 47.2 Å². The second-order valence-corrected chi connectivity index (χ2v) is 9.78. The number of rotatable bonds is 6. The molecular formula is C19H22ClFN6O2S. The lowest BCUT2D eigenvalue weighted by molar-refractivity contribution is 0.301. The lowest BCUT2D eigenvalue weighted by Crippen LogP contribution is -2.44. The van der Waals surface area contributed by atoms with E-state index in [1.165, 1.54) is 6.20 Å². The fourth-order valence-electron chi connectivity index (χ4n) is 3.89. The van der Waals surface area contributed by atoms with Crippen molar-refractivity contribution in [2.24, 2.45) is 5.92 Å². The number of nitrogens with one attached hydrogen (secondary N) is 3. The van der Waals surface area contributed by atoms with Crippen molar-refractivity contribution in [3.8, 4) is 11.4 Å². The van der Waals surface area contributed by atoms with Gasteiger partial charge in [0, 0.05) is 35.9 Å². The van der Waals surface area contributed by atoms with Crippen molar-refractivity contribution in [1.82, 2.24) is 24.7 Å². The van der Waals surface area contributed by atoms with Crippen LogP contribution in [0.3, 0.4) is 0 Å². The van der Waals surface area contributed by atoms with Crippen molar-refractivity contribution >= 4 is 38.5 Å². The molecule has 0 amide bonds. The van der Waals surface area contributed by atoms with Crippen molar-refractivity contribution in [2.45, 2.75) is 31.7 Å². The molecule has 0 bridgehead atoms. The number of hydrogen-bond acceptors (Lipinski definition) is 6. The van der Waals surface area contributed by atoms with Crippen LogP contribution in [0.25, 0.3) is 22.4 Å².